The molecule has 0 aliphatic carbocycles. The highest BCUT2D eigenvalue weighted by Crippen LogP contribution is 2.14. The maximum Gasteiger partial charge on any atom is 0.239 e. The predicted molar refractivity (Wildman–Crippen MR) is 66.9 cm³/mol. The van der Waals surface area contributed by atoms with Gasteiger partial charge in [-0.15, -0.1) is 0 Å². The second-order valence-electron chi connectivity index (χ2n) is 4.65. The Hall–Kier alpha value is -1.18. The van der Waals surface area contributed by atoms with E-state index in [4.69, 9.17) is 10.9 Å². The van der Waals surface area contributed by atoms with Gasteiger partial charge >= 0.3 is 0 Å². The number of primary sulfonamides is 1. The Bertz CT molecular complexity index is 468. The smallest absolute Gasteiger partial charge is 0.239 e. The van der Waals surface area contributed by atoms with Crippen molar-refractivity contribution in [1.29, 1.82) is 0 Å². The van der Waals surface area contributed by atoms with E-state index < -0.39 is 10.0 Å². The molecule has 1 heterocycles. The molecular formula is C10H18N4O2S. The minimum Gasteiger partial charge on any atom is -0.369 e. The lowest BCUT2D eigenvalue weighted by Gasteiger charge is -2.22. The maximum absolute atomic E-state index is 11.0. The van der Waals surface area contributed by atoms with Gasteiger partial charge in [-0.25, -0.2) is 18.5 Å². The topological polar surface area (TPSA) is 111 Å². The number of hydrogen-bond acceptors (Lipinski definition) is 5. The van der Waals surface area contributed by atoms with Crippen LogP contribution in [0.2, 0.25) is 0 Å². The molecule has 0 aliphatic heterocycles. The van der Waals surface area contributed by atoms with E-state index in [2.05, 4.69) is 10.3 Å². The second kappa shape index (κ2) is 4.99. The van der Waals surface area contributed by atoms with Gasteiger partial charge in [0.2, 0.25) is 10.0 Å². The Kier molecular flexibility index (Phi) is 4.07. The van der Waals surface area contributed by atoms with Crippen LogP contribution in [0, 0.1) is 5.41 Å². The lowest BCUT2D eigenvalue weighted by Crippen LogP contribution is -2.31. The first-order chi connectivity index (χ1) is 7.74. The van der Waals surface area contributed by atoms with E-state index >= 15 is 0 Å². The molecule has 5 N–H and O–H groups in total. The van der Waals surface area contributed by atoms with Crippen LogP contribution in [-0.4, -0.2) is 26.5 Å². The predicted octanol–water partition coefficient (Wildman–Crippen LogP) is 0.126. The number of pyridine rings is 1. The standard InChI is InChI=1S/C10H18N4O2S/c1-10(2,6-11)7-14-9-4-3-8(5-13-9)17(12,15)16/h3-5H,6-7,11H2,1-2H3,(H,13,14)(H2,12,15,16). The Labute approximate surface area is 101 Å². The van der Waals surface area contributed by atoms with Crippen molar-refractivity contribution in [2.75, 3.05) is 18.4 Å². The van der Waals surface area contributed by atoms with E-state index in [9.17, 15) is 8.42 Å². The van der Waals surface area contributed by atoms with Gasteiger partial charge in [0.1, 0.15) is 10.7 Å². The average molecular weight is 258 g/mol. The Morgan fingerprint density at radius 1 is 1.41 bits per heavy atom. The molecule has 0 fully saturated rings. The zero-order valence-electron chi connectivity index (χ0n) is 9.97. The van der Waals surface area contributed by atoms with Crippen molar-refractivity contribution in [3.8, 4) is 0 Å². The summed E-state index contributed by atoms with van der Waals surface area (Å²) in [4.78, 5) is 3.97. The number of nitrogens with one attached hydrogen (secondary N) is 1. The van der Waals surface area contributed by atoms with Gasteiger partial charge in [-0.2, -0.15) is 0 Å². The Morgan fingerprint density at radius 3 is 2.47 bits per heavy atom. The van der Waals surface area contributed by atoms with Crippen molar-refractivity contribution in [3.63, 3.8) is 0 Å². The van der Waals surface area contributed by atoms with Crippen LogP contribution >= 0.6 is 0 Å². The van der Waals surface area contributed by atoms with Gasteiger partial charge in [0.05, 0.1) is 0 Å². The molecule has 0 amide bonds. The summed E-state index contributed by atoms with van der Waals surface area (Å²) in [5.74, 6) is 0.596. The molecule has 6 nitrogen and oxygen atoms in total. The molecule has 0 bridgehead atoms. The second-order valence-corrected chi connectivity index (χ2v) is 6.21. The third-order valence-electron chi connectivity index (χ3n) is 2.37. The fourth-order valence-electron chi connectivity index (χ4n) is 1.06. The van der Waals surface area contributed by atoms with Gasteiger partial charge in [0, 0.05) is 12.7 Å². The lowest BCUT2D eigenvalue weighted by molar-refractivity contribution is 0.405. The van der Waals surface area contributed by atoms with Crippen LogP contribution < -0.4 is 16.2 Å². The Balaban J connectivity index is 2.70. The van der Waals surface area contributed by atoms with Crippen molar-refractivity contribution < 1.29 is 8.42 Å². The molecule has 0 saturated heterocycles. The van der Waals surface area contributed by atoms with Gasteiger partial charge in [0.25, 0.3) is 0 Å². The SMILES string of the molecule is CC(C)(CN)CNc1ccc(S(N)(=O)=O)cn1. The van der Waals surface area contributed by atoms with Gasteiger partial charge in [-0.05, 0) is 24.1 Å². The summed E-state index contributed by atoms with van der Waals surface area (Å²) in [6.45, 7) is 5.26. The first kappa shape index (κ1) is 13.9. The summed E-state index contributed by atoms with van der Waals surface area (Å²) in [6, 6.07) is 2.99. The fraction of sp³-hybridized carbons (Fsp3) is 0.500. The minimum absolute atomic E-state index is 0.00105. The zero-order chi connectivity index (χ0) is 13.1. The van der Waals surface area contributed by atoms with Crippen LogP contribution in [0.3, 0.4) is 0 Å². The first-order valence-corrected chi connectivity index (χ1v) is 6.72. The van der Waals surface area contributed by atoms with E-state index in [-0.39, 0.29) is 10.3 Å². The third kappa shape index (κ3) is 4.29. The number of aromatic nitrogens is 1. The summed E-state index contributed by atoms with van der Waals surface area (Å²) in [5, 5.41) is 8.05. The summed E-state index contributed by atoms with van der Waals surface area (Å²) < 4.78 is 22.0. The minimum atomic E-state index is -3.68. The molecule has 0 spiro atoms. The van der Waals surface area contributed by atoms with Crippen LogP contribution in [0.15, 0.2) is 23.2 Å². The quantitative estimate of drug-likeness (QED) is 0.695. The largest absolute Gasteiger partial charge is 0.369 e. The fourth-order valence-corrected chi connectivity index (χ4v) is 1.51. The molecule has 1 rings (SSSR count). The molecular weight excluding hydrogens is 240 g/mol. The monoisotopic (exact) mass is 258 g/mol. The molecule has 0 radical (unpaired) electrons. The summed E-state index contributed by atoms with van der Waals surface area (Å²) in [5.41, 5.74) is 5.55. The van der Waals surface area contributed by atoms with Gasteiger partial charge in [0.15, 0.2) is 0 Å². The summed E-state index contributed by atoms with van der Waals surface area (Å²) in [6.07, 6.45) is 1.23. The van der Waals surface area contributed by atoms with Crippen molar-refractivity contribution in [3.05, 3.63) is 18.3 Å². The molecule has 17 heavy (non-hydrogen) atoms. The highest BCUT2D eigenvalue weighted by Gasteiger charge is 2.15. The third-order valence-corrected chi connectivity index (χ3v) is 3.26. The van der Waals surface area contributed by atoms with E-state index in [1.54, 1.807) is 6.07 Å². The first-order valence-electron chi connectivity index (χ1n) is 5.17. The molecule has 0 unspecified atom stereocenters. The van der Waals surface area contributed by atoms with Crippen LogP contribution in [0.5, 0.6) is 0 Å². The summed E-state index contributed by atoms with van der Waals surface area (Å²) in [7, 11) is -3.68. The molecule has 7 heteroatoms. The zero-order valence-corrected chi connectivity index (χ0v) is 10.8. The number of sulfonamides is 1. The van der Waals surface area contributed by atoms with Crippen molar-refractivity contribution in [2.45, 2.75) is 18.7 Å². The average Bonchev–Trinajstić information content (AvgIpc) is 2.26. The number of rotatable bonds is 5. The van der Waals surface area contributed by atoms with Crippen LogP contribution in [0.1, 0.15) is 13.8 Å². The van der Waals surface area contributed by atoms with Gasteiger partial charge in [-0.3, -0.25) is 0 Å². The lowest BCUT2D eigenvalue weighted by atomic mass is 9.94. The number of hydrogen-bond donors (Lipinski definition) is 3. The molecule has 1 aromatic rings. The number of anilines is 1. The van der Waals surface area contributed by atoms with E-state index in [1.165, 1.54) is 12.3 Å². The normalized spacial score (nSPS) is 12.5. The highest BCUT2D eigenvalue weighted by atomic mass is 32.2. The molecule has 0 aliphatic rings. The van der Waals surface area contributed by atoms with Gasteiger partial charge in [-0.1, -0.05) is 13.8 Å². The van der Waals surface area contributed by atoms with E-state index in [0.717, 1.165) is 0 Å². The number of nitrogens with zero attached hydrogens (tertiary/aromatic N) is 1. The van der Waals surface area contributed by atoms with Crippen molar-refractivity contribution in [2.24, 2.45) is 16.3 Å². The Morgan fingerprint density at radius 2 is 2.06 bits per heavy atom. The molecule has 1 aromatic heterocycles. The highest BCUT2D eigenvalue weighted by molar-refractivity contribution is 7.89. The molecule has 0 atom stereocenters. The van der Waals surface area contributed by atoms with Crippen LogP contribution in [0.4, 0.5) is 5.82 Å². The van der Waals surface area contributed by atoms with Crippen molar-refractivity contribution >= 4 is 15.8 Å². The van der Waals surface area contributed by atoms with Crippen LogP contribution in [0.25, 0.3) is 0 Å². The van der Waals surface area contributed by atoms with Gasteiger partial charge < -0.3 is 11.1 Å². The maximum atomic E-state index is 11.0. The van der Waals surface area contributed by atoms with E-state index in [0.29, 0.717) is 18.9 Å². The molecule has 0 aromatic carbocycles. The summed E-state index contributed by atoms with van der Waals surface area (Å²) >= 11 is 0. The molecule has 0 saturated carbocycles. The van der Waals surface area contributed by atoms with E-state index in [1.807, 2.05) is 13.8 Å². The van der Waals surface area contributed by atoms with Crippen molar-refractivity contribution in [1.82, 2.24) is 4.98 Å². The van der Waals surface area contributed by atoms with Crippen LogP contribution in [-0.2, 0) is 10.0 Å². The molecule has 96 valence electrons. The number of nitrogens with two attached hydrogens (primary N) is 2.